The maximum Gasteiger partial charge on any atom is 0.269 e. The smallest absolute Gasteiger partial charge is 0.269 e. The summed E-state index contributed by atoms with van der Waals surface area (Å²) < 4.78 is 0. The molecule has 1 heterocycles. The molecule has 9 nitrogen and oxygen atoms in total. The molecule has 1 aliphatic heterocycles. The van der Waals surface area contributed by atoms with E-state index in [1.54, 1.807) is 36.4 Å². The van der Waals surface area contributed by atoms with Crippen molar-refractivity contribution in [1.29, 1.82) is 0 Å². The highest BCUT2D eigenvalue weighted by Crippen LogP contribution is 2.21. The molecule has 1 saturated heterocycles. The average Bonchev–Trinajstić information content (AvgIpc) is 2.73. The zero-order valence-corrected chi connectivity index (χ0v) is 16.1. The van der Waals surface area contributed by atoms with Gasteiger partial charge in [-0.2, -0.15) is 0 Å². The molecule has 2 aromatic carbocycles. The molecule has 0 spiro atoms. The highest BCUT2D eigenvalue weighted by atomic mass is 16.6. The van der Waals surface area contributed by atoms with Crippen molar-refractivity contribution in [2.75, 3.05) is 36.4 Å². The number of rotatable bonds is 6. The number of nitro benzene ring substituents is 1. The van der Waals surface area contributed by atoms with Gasteiger partial charge in [0.1, 0.15) is 0 Å². The molecule has 29 heavy (non-hydrogen) atoms. The third kappa shape index (κ3) is 4.88. The molecule has 0 aliphatic carbocycles. The van der Waals surface area contributed by atoms with E-state index in [0.717, 1.165) is 18.8 Å². The van der Waals surface area contributed by atoms with Crippen LogP contribution in [-0.4, -0.2) is 53.9 Å². The Hall–Kier alpha value is -3.46. The summed E-state index contributed by atoms with van der Waals surface area (Å²) in [6.07, 6.45) is 0. The topological polar surface area (TPSA) is 122 Å². The number of hydrogen-bond donors (Lipinski definition) is 2. The standard InChI is InChI=1S/C20H23N5O4/c1-14(20(27)22-16-4-2-15(3-5-16)19(21)26)23-10-12-24(13-11-23)17-6-8-18(9-7-17)25(28)29/h2-9,14H,10-13H2,1H3,(H2,21,26)(H,22,27). The quantitative estimate of drug-likeness (QED) is 0.567. The second kappa shape index (κ2) is 8.70. The Bertz CT molecular complexity index is 890. The predicted molar refractivity (Wildman–Crippen MR) is 110 cm³/mol. The largest absolute Gasteiger partial charge is 0.369 e. The first-order valence-corrected chi connectivity index (χ1v) is 9.29. The van der Waals surface area contributed by atoms with Gasteiger partial charge < -0.3 is 16.0 Å². The Balaban J connectivity index is 1.53. The summed E-state index contributed by atoms with van der Waals surface area (Å²) in [5.74, 6) is -0.636. The molecule has 152 valence electrons. The van der Waals surface area contributed by atoms with Gasteiger partial charge in [-0.1, -0.05) is 0 Å². The number of piperazine rings is 1. The van der Waals surface area contributed by atoms with Crippen molar-refractivity contribution < 1.29 is 14.5 Å². The zero-order valence-electron chi connectivity index (χ0n) is 16.1. The van der Waals surface area contributed by atoms with Crippen LogP contribution in [0.2, 0.25) is 0 Å². The van der Waals surface area contributed by atoms with Crippen LogP contribution in [0.3, 0.4) is 0 Å². The molecular formula is C20H23N5O4. The van der Waals surface area contributed by atoms with E-state index in [4.69, 9.17) is 5.73 Å². The molecule has 0 saturated carbocycles. The Morgan fingerprint density at radius 3 is 2.14 bits per heavy atom. The Kier molecular flexibility index (Phi) is 6.08. The number of anilines is 2. The van der Waals surface area contributed by atoms with Crippen LogP contribution in [0.5, 0.6) is 0 Å². The number of amides is 2. The summed E-state index contributed by atoms with van der Waals surface area (Å²) in [5.41, 5.74) is 7.22. The number of hydrogen-bond acceptors (Lipinski definition) is 6. The minimum atomic E-state index is -0.512. The fourth-order valence-corrected chi connectivity index (χ4v) is 3.28. The Morgan fingerprint density at radius 2 is 1.62 bits per heavy atom. The lowest BCUT2D eigenvalue weighted by atomic mass is 10.1. The fraction of sp³-hybridized carbons (Fsp3) is 0.300. The van der Waals surface area contributed by atoms with E-state index in [0.29, 0.717) is 24.3 Å². The van der Waals surface area contributed by atoms with Gasteiger partial charge in [0, 0.05) is 55.2 Å². The van der Waals surface area contributed by atoms with E-state index in [1.165, 1.54) is 12.1 Å². The van der Waals surface area contributed by atoms with Crippen molar-refractivity contribution in [2.45, 2.75) is 13.0 Å². The van der Waals surface area contributed by atoms with Crippen LogP contribution in [0, 0.1) is 10.1 Å². The molecule has 9 heteroatoms. The molecule has 3 rings (SSSR count). The number of nitrogens with two attached hydrogens (primary N) is 1. The van der Waals surface area contributed by atoms with Gasteiger partial charge >= 0.3 is 0 Å². The van der Waals surface area contributed by atoms with Crippen LogP contribution in [-0.2, 0) is 4.79 Å². The van der Waals surface area contributed by atoms with E-state index in [2.05, 4.69) is 15.1 Å². The van der Waals surface area contributed by atoms with Gasteiger partial charge in [0.2, 0.25) is 11.8 Å². The van der Waals surface area contributed by atoms with Crippen LogP contribution in [0.1, 0.15) is 17.3 Å². The van der Waals surface area contributed by atoms with Gasteiger partial charge in [-0.05, 0) is 43.3 Å². The molecular weight excluding hydrogens is 374 g/mol. The van der Waals surface area contributed by atoms with Crippen LogP contribution in [0.25, 0.3) is 0 Å². The summed E-state index contributed by atoms with van der Waals surface area (Å²) in [6, 6.07) is 12.6. The van der Waals surface area contributed by atoms with Crippen molar-refractivity contribution in [2.24, 2.45) is 5.73 Å². The minimum absolute atomic E-state index is 0.0709. The number of nitrogens with zero attached hydrogens (tertiary/aromatic N) is 3. The van der Waals surface area contributed by atoms with Crippen LogP contribution < -0.4 is 16.0 Å². The fourth-order valence-electron chi connectivity index (χ4n) is 3.28. The zero-order chi connectivity index (χ0) is 21.0. The molecule has 1 atom stereocenters. The lowest BCUT2D eigenvalue weighted by Crippen LogP contribution is -2.52. The maximum absolute atomic E-state index is 12.6. The van der Waals surface area contributed by atoms with Crippen LogP contribution in [0.4, 0.5) is 17.1 Å². The highest BCUT2D eigenvalue weighted by Gasteiger charge is 2.26. The van der Waals surface area contributed by atoms with Gasteiger partial charge in [0.15, 0.2) is 0 Å². The van der Waals surface area contributed by atoms with E-state index in [9.17, 15) is 19.7 Å². The number of benzene rings is 2. The van der Waals surface area contributed by atoms with Crippen molar-refractivity contribution in [3.8, 4) is 0 Å². The van der Waals surface area contributed by atoms with Gasteiger partial charge in [0.05, 0.1) is 11.0 Å². The monoisotopic (exact) mass is 397 g/mol. The maximum atomic E-state index is 12.6. The van der Waals surface area contributed by atoms with Gasteiger partial charge in [-0.15, -0.1) is 0 Å². The number of non-ortho nitro benzene ring substituents is 1. The molecule has 0 aromatic heterocycles. The summed E-state index contributed by atoms with van der Waals surface area (Å²) in [6.45, 7) is 4.71. The van der Waals surface area contributed by atoms with Crippen molar-refractivity contribution in [3.63, 3.8) is 0 Å². The molecule has 0 bridgehead atoms. The molecule has 1 aliphatic rings. The van der Waals surface area contributed by atoms with Crippen LogP contribution in [0.15, 0.2) is 48.5 Å². The third-order valence-corrected chi connectivity index (χ3v) is 5.10. The van der Waals surface area contributed by atoms with Crippen molar-refractivity contribution >= 4 is 28.9 Å². The van der Waals surface area contributed by atoms with E-state index >= 15 is 0 Å². The average molecular weight is 397 g/mol. The first-order valence-electron chi connectivity index (χ1n) is 9.29. The Labute approximate surface area is 168 Å². The lowest BCUT2D eigenvalue weighted by Gasteiger charge is -2.38. The second-order valence-corrected chi connectivity index (χ2v) is 6.90. The summed E-state index contributed by atoms with van der Waals surface area (Å²) in [4.78, 5) is 38.3. The first-order chi connectivity index (χ1) is 13.8. The molecule has 3 N–H and O–H groups in total. The number of primary amides is 1. The van der Waals surface area contributed by atoms with Crippen molar-refractivity contribution in [1.82, 2.24) is 4.90 Å². The predicted octanol–water partition coefficient (Wildman–Crippen LogP) is 1.84. The molecule has 2 aromatic rings. The molecule has 2 amide bonds. The Morgan fingerprint density at radius 1 is 1.03 bits per heavy atom. The van der Waals surface area contributed by atoms with E-state index in [-0.39, 0.29) is 17.6 Å². The number of carbonyl (C=O) groups excluding carboxylic acids is 2. The molecule has 1 unspecified atom stereocenters. The number of nitro groups is 1. The van der Waals surface area contributed by atoms with Gasteiger partial charge in [-0.3, -0.25) is 24.6 Å². The normalized spacial score (nSPS) is 15.6. The third-order valence-electron chi connectivity index (χ3n) is 5.10. The summed E-state index contributed by atoms with van der Waals surface area (Å²) >= 11 is 0. The van der Waals surface area contributed by atoms with Crippen LogP contribution >= 0.6 is 0 Å². The van der Waals surface area contributed by atoms with Gasteiger partial charge in [0.25, 0.3) is 5.69 Å². The lowest BCUT2D eigenvalue weighted by molar-refractivity contribution is -0.384. The molecule has 1 fully saturated rings. The summed E-state index contributed by atoms with van der Waals surface area (Å²) in [7, 11) is 0. The molecule has 0 radical (unpaired) electrons. The first kappa shape index (κ1) is 20.3. The van der Waals surface area contributed by atoms with Gasteiger partial charge in [-0.25, -0.2) is 0 Å². The SMILES string of the molecule is CC(C(=O)Nc1ccc(C(N)=O)cc1)N1CCN(c2ccc([N+](=O)[O-])cc2)CC1. The minimum Gasteiger partial charge on any atom is -0.369 e. The van der Waals surface area contributed by atoms with E-state index in [1.807, 2.05) is 6.92 Å². The van der Waals surface area contributed by atoms with Crippen molar-refractivity contribution in [3.05, 3.63) is 64.2 Å². The number of nitrogens with one attached hydrogen (secondary N) is 1. The highest BCUT2D eigenvalue weighted by molar-refractivity contribution is 5.96. The second-order valence-electron chi connectivity index (χ2n) is 6.90. The number of carbonyl (C=O) groups is 2. The van der Waals surface area contributed by atoms with E-state index < -0.39 is 10.8 Å². The summed E-state index contributed by atoms with van der Waals surface area (Å²) in [5, 5.41) is 13.6.